The molecule has 2 aromatic carbocycles. The molecule has 0 fully saturated rings. The van der Waals surface area contributed by atoms with E-state index in [9.17, 15) is 14.4 Å². The monoisotopic (exact) mass is 447 g/mol. The van der Waals surface area contributed by atoms with Crippen LogP contribution in [0.25, 0.3) is 22.6 Å². The first-order chi connectivity index (χ1) is 15.9. The zero-order chi connectivity index (χ0) is 23.5. The average molecular weight is 447 g/mol. The lowest BCUT2D eigenvalue weighted by Crippen LogP contribution is -2.11. The molecule has 0 saturated heterocycles. The fourth-order valence-corrected chi connectivity index (χ4v) is 3.85. The van der Waals surface area contributed by atoms with Crippen LogP contribution in [0.4, 0.5) is 5.69 Å². The second kappa shape index (κ2) is 9.04. The number of carboxylic acids is 1. The van der Waals surface area contributed by atoms with E-state index < -0.39 is 11.9 Å². The minimum atomic E-state index is -1.22. The van der Waals surface area contributed by atoms with Crippen molar-refractivity contribution in [2.75, 3.05) is 19.5 Å². The number of aliphatic carboxylic acids is 1. The van der Waals surface area contributed by atoms with Gasteiger partial charge in [0, 0.05) is 35.0 Å². The van der Waals surface area contributed by atoms with Crippen LogP contribution in [0.15, 0.2) is 57.8 Å². The van der Waals surface area contributed by atoms with Crippen LogP contribution in [0.5, 0.6) is 11.5 Å². The van der Waals surface area contributed by atoms with Crippen LogP contribution < -0.4 is 20.2 Å². The van der Waals surface area contributed by atoms with Gasteiger partial charge in [-0.2, -0.15) is 0 Å². The number of fused-ring (bicyclic) bond motifs is 2. The lowest BCUT2D eigenvalue weighted by molar-refractivity contribution is -0.131. The second-order valence-corrected chi connectivity index (χ2v) is 7.36. The van der Waals surface area contributed by atoms with Crippen molar-refractivity contribution in [2.24, 2.45) is 0 Å². The van der Waals surface area contributed by atoms with Crippen molar-refractivity contribution in [2.45, 2.75) is 12.8 Å². The van der Waals surface area contributed by atoms with Crippen molar-refractivity contribution in [3.8, 4) is 11.5 Å². The SMILES string of the molecule is COc1cccc(/C=C2/CCc3c2oc2cc(NC(=O)/C=C\C(=O)O)ccc2c3=O)c1OC. The van der Waals surface area contributed by atoms with Crippen molar-refractivity contribution in [1.29, 1.82) is 0 Å². The maximum absolute atomic E-state index is 13.1. The number of methoxy groups -OCH3 is 2. The molecule has 1 aromatic heterocycles. The molecular formula is C25H21NO7. The van der Waals surface area contributed by atoms with Crippen molar-refractivity contribution < 1.29 is 28.6 Å². The van der Waals surface area contributed by atoms with E-state index in [2.05, 4.69) is 5.32 Å². The van der Waals surface area contributed by atoms with Crippen molar-refractivity contribution >= 4 is 40.2 Å². The molecule has 0 radical (unpaired) electrons. The number of rotatable bonds is 6. The maximum Gasteiger partial charge on any atom is 0.328 e. The smallest absolute Gasteiger partial charge is 0.328 e. The zero-order valence-electron chi connectivity index (χ0n) is 18.0. The van der Waals surface area contributed by atoms with Gasteiger partial charge in [0.1, 0.15) is 11.3 Å². The van der Waals surface area contributed by atoms with E-state index in [4.69, 9.17) is 19.0 Å². The highest BCUT2D eigenvalue weighted by atomic mass is 16.5. The molecule has 8 nitrogen and oxygen atoms in total. The number of nitrogens with one attached hydrogen (secondary N) is 1. The first kappa shape index (κ1) is 21.9. The Morgan fingerprint density at radius 2 is 1.91 bits per heavy atom. The first-order valence-corrected chi connectivity index (χ1v) is 10.1. The lowest BCUT2D eigenvalue weighted by atomic mass is 10.1. The van der Waals surface area contributed by atoms with E-state index in [0.29, 0.717) is 52.3 Å². The Morgan fingerprint density at radius 3 is 2.64 bits per heavy atom. The van der Waals surface area contributed by atoms with Gasteiger partial charge in [0.05, 0.1) is 19.6 Å². The normalized spacial score (nSPS) is 13.9. The van der Waals surface area contributed by atoms with Gasteiger partial charge >= 0.3 is 5.97 Å². The summed E-state index contributed by atoms with van der Waals surface area (Å²) in [6.07, 6.45) is 4.77. The Morgan fingerprint density at radius 1 is 1.09 bits per heavy atom. The van der Waals surface area contributed by atoms with Gasteiger partial charge in [0.25, 0.3) is 0 Å². The average Bonchev–Trinajstić information content (AvgIpc) is 3.20. The van der Waals surface area contributed by atoms with Gasteiger partial charge in [-0.15, -0.1) is 0 Å². The molecule has 1 aliphatic rings. The highest BCUT2D eigenvalue weighted by molar-refractivity contribution is 6.03. The van der Waals surface area contributed by atoms with E-state index >= 15 is 0 Å². The molecule has 0 bridgehead atoms. The molecule has 8 heteroatoms. The van der Waals surface area contributed by atoms with Gasteiger partial charge in [-0.05, 0) is 42.7 Å². The van der Waals surface area contributed by atoms with Crippen LogP contribution in [0.2, 0.25) is 0 Å². The lowest BCUT2D eigenvalue weighted by Gasteiger charge is -2.11. The highest BCUT2D eigenvalue weighted by Crippen LogP contribution is 2.38. The van der Waals surface area contributed by atoms with Crippen LogP contribution in [-0.2, 0) is 16.0 Å². The predicted molar refractivity (Wildman–Crippen MR) is 124 cm³/mol. The van der Waals surface area contributed by atoms with Crippen molar-refractivity contribution in [3.05, 3.63) is 75.7 Å². The van der Waals surface area contributed by atoms with Crippen LogP contribution >= 0.6 is 0 Å². The number of carbonyl (C=O) groups is 2. The number of para-hydroxylation sites is 1. The van der Waals surface area contributed by atoms with Crippen LogP contribution in [0.3, 0.4) is 0 Å². The topological polar surface area (TPSA) is 115 Å². The summed E-state index contributed by atoms with van der Waals surface area (Å²) in [6, 6.07) is 10.3. The molecule has 1 amide bonds. The van der Waals surface area contributed by atoms with Gasteiger partial charge in [-0.1, -0.05) is 12.1 Å². The van der Waals surface area contributed by atoms with Crippen LogP contribution in [0.1, 0.15) is 23.3 Å². The number of hydrogen-bond acceptors (Lipinski definition) is 6. The number of carboxylic acid groups (broad SMARTS) is 1. The number of benzene rings is 2. The third-order valence-electron chi connectivity index (χ3n) is 5.33. The summed E-state index contributed by atoms with van der Waals surface area (Å²) in [5.41, 5.74) is 2.85. The minimum Gasteiger partial charge on any atom is -0.493 e. The summed E-state index contributed by atoms with van der Waals surface area (Å²) in [6.45, 7) is 0. The standard InChI is InChI=1S/C25H21NO7/c1-31-19-5-3-4-14(25(19)32-2)12-15-6-8-18-23(30)17-9-7-16(13-20(17)33-24(15)18)26-21(27)10-11-22(28)29/h3-5,7,9-13H,6,8H2,1-2H3,(H,26,27)(H,28,29)/b11-10-,15-12-. The molecule has 3 aromatic rings. The fourth-order valence-electron chi connectivity index (χ4n) is 3.85. The quantitative estimate of drug-likeness (QED) is 0.551. The second-order valence-electron chi connectivity index (χ2n) is 7.36. The first-order valence-electron chi connectivity index (χ1n) is 10.1. The Labute approximate surface area is 188 Å². The summed E-state index contributed by atoms with van der Waals surface area (Å²) in [5.74, 6) is -0.138. The molecule has 1 heterocycles. The van der Waals surface area contributed by atoms with Crippen molar-refractivity contribution in [1.82, 2.24) is 0 Å². The number of carbonyl (C=O) groups excluding carboxylic acids is 1. The molecule has 1 aliphatic carbocycles. The highest BCUT2D eigenvalue weighted by Gasteiger charge is 2.24. The Hall–Kier alpha value is -4.33. The molecular weight excluding hydrogens is 426 g/mol. The summed E-state index contributed by atoms with van der Waals surface area (Å²) in [7, 11) is 3.14. The fraction of sp³-hybridized carbons (Fsp3) is 0.160. The number of ether oxygens (including phenoxy) is 2. The molecule has 2 N–H and O–H groups in total. The number of amides is 1. The minimum absolute atomic E-state index is 0.115. The van der Waals surface area contributed by atoms with Gasteiger partial charge in [0.2, 0.25) is 5.91 Å². The molecule has 0 unspecified atom stereocenters. The molecule has 168 valence electrons. The summed E-state index contributed by atoms with van der Waals surface area (Å²) in [5, 5.41) is 11.6. The molecule has 4 rings (SSSR count). The van der Waals surface area contributed by atoms with Crippen LogP contribution in [-0.4, -0.2) is 31.2 Å². The molecule has 33 heavy (non-hydrogen) atoms. The third-order valence-corrected chi connectivity index (χ3v) is 5.33. The van der Waals surface area contributed by atoms with Crippen molar-refractivity contribution in [3.63, 3.8) is 0 Å². The molecule has 0 atom stereocenters. The van der Waals surface area contributed by atoms with Gasteiger partial charge in [0.15, 0.2) is 16.9 Å². The summed E-state index contributed by atoms with van der Waals surface area (Å²) in [4.78, 5) is 35.5. The Bertz CT molecular complexity index is 1380. The van der Waals surface area contributed by atoms with E-state index in [-0.39, 0.29) is 5.43 Å². The maximum atomic E-state index is 13.1. The molecule has 0 saturated carbocycles. The van der Waals surface area contributed by atoms with Gasteiger partial charge in [-0.3, -0.25) is 9.59 Å². The zero-order valence-corrected chi connectivity index (χ0v) is 18.0. The van der Waals surface area contributed by atoms with Gasteiger partial charge in [-0.25, -0.2) is 4.79 Å². The number of anilines is 1. The Balaban J connectivity index is 1.75. The molecule has 0 spiro atoms. The summed E-state index contributed by atoms with van der Waals surface area (Å²) < 4.78 is 17.0. The van der Waals surface area contributed by atoms with E-state index in [1.165, 1.54) is 0 Å². The predicted octanol–water partition coefficient (Wildman–Crippen LogP) is 3.88. The number of allylic oxidation sites excluding steroid dienone is 1. The van der Waals surface area contributed by atoms with Crippen LogP contribution in [0, 0.1) is 0 Å². The largest absolute Gasteiger partial charge is 0.493 e. The van der Waals surface area contributed by atoms with Gasteiger partial charge < -0.3 is 24.3 Å². The van der Waals surface area contributed by atoms with E-state index in [0.717, 1.165) is 23.3 Å². The third kappa shape index (κ3) is 4.36. The van der Waals surface area contributed by atoms with E-state index in [1.807, 2.05) is 18.2 Å². The number of hydrogen-bond donors (Lipinski definition) is 2. The Kier molecular flexibility index (Phi) is 5.99. The van der Waals surface area contributed by atoms with E-state index in [1.54, 1.807) is 38.5 Å². The summed E-state index contributed by atoms with van der Waals surface area (Å²) >= 11 is 0. The molecule has 0 aliphatic heterocycles.